The molecule has 0 aliphatic heterocycles. The summed E-state index contributed by atoms with van der Waals surface area (Å²) < 4.78 is 26.0. The molecule has 0 unspecified atom stereocenters. The highest BCUT2D eigenvalue weighted by Gasteiger charge is 2.03. The van der Waals surface area contributed by atoms with E-state index in [4.69, 9.17) is 0 Å². The first kappa shape index (κ1) is 10.8. The van der Waals surface area contributed by atoms with Crippen molar-refractivity contribution in [2.24, 2.45) is 0 Å². The van der Waals surface area contributed by atoms with Gasteiger partial charge in [0.05, 0.1) is 6.33 Å². The van der Waals surface area contributed by atoms with Crippen LogP contribution in [0.2, 0.25) is 0 Å². The fraction of sp³-hybridized carbons (Fsp3) is 0.182. The molecule has 1 heterocycles. The topological polar surface area (TPSA) is 40.7 Å². The lowest BCUT2D eigenvalue weighted by Gasteiger charge is -2.04. The number of aromatic nitrogens is 2. The fourth-order valence-electron chi connectivity index (χ4n) is 1.39. The Morgan fingerprint density at radius 2 is 2.12 bits per heavy atom. The predicted molar refractivity (Wildman–Crippen MR) is 55.5 cm³/mol. The second kappa shape index (κ2) is 4.85. The van der Waals surface area contributed by atoms with E-state index in [0.29, 0.717) is 12.1 Å². The summed E-state index contributed by atoms with van der Waals surface area (Å²) in [6.45, 7) is 0.818. The van der Waals surface area contributed by atoms with Crippen LogP contribution in [0.15, 0.2) is 30.7 Å². The van der Waals surface area contributed by atoms with E-state index in [0.717, 1.165) is 17.8 Å². The molecule has 0 saturated heterocycles. The van der Waals surface area contributed by atoms with Crippen LogP contribution in [0.25, 0.3) is 0 Å². The minimum atomic E-state index is -0.431. The first-order chi connectivity index (χ1) is 7.75. The summed E-state index contributed by atoms with van der Waals surface area (Å²) in [7, 11) is 0. The second-order valence-electron chi connectivity index (χ2n) is 3.42. The Morgan fingerprint density at radius 3 is 2.88 bits per heavy atom. The molecular weight excluding hydrogens is 212 g/mol. The Labute approximate surface area is 91.5 Å². The first-order valence-electron chi connectivity index (χ1n) is 4.87. The van der Waals surface area contributed by atoms with Gasteiger partial charge in [-0.3, -0.25) is 0 Å². The van der Waals surface area contributed by atoms with E-state index >= 15 is 0 Å². The molecule has 1 aromatic carbocycles. The Morgan fingerprint density at radius 1 is 1.25 bits per heavy atom. The third-order valence-electron chi connectivity index (χ3n) is 2.19. The molecule has 0 atom stereocenters. The van der Waals surface area contributed by atoms with Crippen LogP contribution in [0.1, 0.15) is 11.3 Å². The van der Waals surface area contributed by atoms with Crippen molar-refractivity contribution in [1.29, 1.82) is 0 Å². The molecule has 0 radical (unpaired) electrons. The maximum atomic E-state index is 13.2. The van der Waals surface area contributed by atoms with Gasteiger partial charge >= 0.3 is 0 Å². The zero-order valence-corrected chi connectivity index (χ0v) is 8.50. The van der Waals surface area contributed by atoms with Crippen LogP contribution >= 0.6 is 0 Å². The Hall–Kier alpha value is -1.75. The Kier molecular flexibility index (Phi) is 3.26. The highest BCUT2D eigenvalue weighted by molar-refractivity contribution is 5.18. The molecule has 1 aromatic heterocycles. The van der Waals surface area contributed by atoms with E-state index in [1.165, 1.54) is 6.07 Å². The van der Waals surface area contributed by atoms with Gasteiger partial charge in [-0.05, 0) is 18.2 Å². The van der Waals surface area contributed by atoms with Crippen LogP contribution in [0.4, 0.5) is 8.78 Å². The van der Waals surface area contributed by atoms with Crippen molar-refractivity contribution < 1.29 is 8.78 Å². The summed E-state index contributed by atoms with van der Waals surface area (Å²) in [6, 6.07) is 3.42. The molecule has 2 N–H and O–H groups in total. The number of benzene rings is 1. The van der Waals surface area contributed by atoms with Gasteiger partial charge in [0.25, 0.3) is 0 Å². The van der Waals surface area contributed by atoms with Crippen molar-refractivity contribution in [3.63, 3.8) is 0 Å². The van der Waals surface area contributed by atoms with Crippen LogP contribution in [-0.4, -0.2) is 9.97 Å². The predicted octanol–water partition coefficient (Wildman–Crippen LogP) is 1.98. The first-order valence-corrected chi connectivity index (χ1v) is 4.87. The molecular formula is C11H11F2N3. The number of nitrogens with one attached hydrogen (secondary N) is 2. The van der Waals surface area contributed by atoms with Gasteiger partial charge in [0, 0.05) is 30.5 Å². The number of hydrogen-bond acceptors (Lipinski definition) is 2. The smallest absolute Gasteiger partial charge is 0.127 e. The summed E-state index contributed by atoms with van der Waals surface area (Å²) in [4.78, 5) is 6.76. The van der Waals surface area contributed by atoms with Crippen LogP contribution < -0.4 is 5.32 Å². The highest BCUT2D eigenvalue weighted by atomic mass is 19.1. The zero-order chi connectivity index (χ0) is 11.4. The normalized spacial score (nSPS) is 10.6. The van der Waals surface area contributed by atoms with Crippen molar-refractivity contribution in [1.82, 2.24) is 15.3 Å². The lowest BCUT2D eigenvalue weighted by molar-refractivity contribution is 0.567. The number of rotatable bonds is 4. The van der Waals surface area contributed by atoms with Crippen molar-refractivity contribution in [3.05, 3.63) is 53.6 Å². The standard InChI is InChI=1S/C11H11F2N3/c12-9-1-2-11(13)8(3-9)4-14-5-10-6-15-7-16-10/h1-3,6-7,14H,4-5H2,(H,15,16). The van der Waals surface area contributed by atoms with Crippen LogP contribution in [0.3, 0.4) is 0 Å². The van der Waals surface area contributed by atoms with Crippen molar-refractivity contribution >= 4 is 0 Å². The Bertz CT molecular complexity index is 454. The minimum Gasteiger partial charge on any atom is -0.347 e. The van der Waals surface area contributed by atoms with E-state index in [9.17, 15) is 8.78 Å². The molecule has 84 valence electrons. The molecule has 16 heavy (non-hydrogen) atoms. The van der Waals surface area contributed by atoms with E-state index in [-0.39, 0.29) is 6.54 Å². The molecule has 0 amide bonds. The van der Waals surface area contributed by atoms with Crippen LogP contribution in [0, 0.1) is 11.6 Å². The fourth-order valence-corrected chi connectivity index (χ4v) is 1.39. The maximum Gasteiger partial charge on any atom is 0.127 e. The van der Waals surface area contributed by atoms with Gasteiger partial charge in [0.15, 0.2) is 0 Å². The van der Waals surface area contributed by atoms with Gasteiger partial charge in [-0.1, -0.05) is 0 Å². The number of imidazole rings is 1. The maximum absolute atomic E-state index is 13.2. The molecule has 0 spiro atoms. The summed E-state index contributed by atoms with van der Waals surface area (Å²) in [5.41, 5.74) is 1.22. The number of aromatic amines is 1. The third kappa shape index (κ3) is 2.64. The van der Waals surface area contributed by atoms with Gasteiger partial charge < -0.3 is 10.3 Å². The van der Waals surface area contributed by atoms with Crippen molar-refractivity contribution in [3.8, 4) is 0 Å². The van der Waals surface area contributed by atoms with Crippen molar-refractivity contribution in [2.45, 2.75) is 13.1 Å². The number of hydrogen-bond donors (Lipinski definition) is 2. The summed E-state index contributed by atoms with van der Waals surface area (Å²) in [5, 5.41) is 2.99. The molecule has 5 heteroatoms. The Balaban J connectivity index is 1.92. The largest absolute Gasteiger partial charge is 0.347 e. The number of nitrogens with zero attached hydrogens (tertiary/aromatic N) is 1. The summed E-state index contributed by atoms with van der Waals surface area (Å²) in [6.07, 6.45) is 3.24. The highest BCUT2D eigenvalue weighted by Crippen LogP contribution is 2.09. The quantitative estimate of drug-likeness (QED) is 0.832. The average molecular weight is 223 g/mol. The van der Waals surface area contributed by atoms with Gasteiger partial charge in [-0.25, -0.2) is 13.8 Å². The lowest BCUT2D eigenvalue weighted by atomic mass is 10.2. The molecule has 0 bridgehead atoms. The zero-order valence-electron chi connectivity index (χ0n) is 8.50. The minimum absolute atomic E-state index is 0.280. The molecule has 0 saturated carbocycles. The lowest BCUT2D eigenvalue weighted by Crippen LogP contribution is -2.14. The monoisotopic (exact) mass is 223 g/mol. The van der Waals surface area contributed by atoms with Crippen LogP contribution in [-0.2, 0) is 13.1 Å². The van der Waals surface area contributed by atoms with Gasteiger partial charge in [0.2, 0.25) is 0 Å². The van der Waals surface area contributed by atoms with Gasteiger partial charge in [-0.15, -0.1) is 0 Å². The summed E-state index contributed by atoms with van der Waals surface area (Å²) >= 11 is 0. The number of H-pyrrole nitrogens is 1. The number of halogens is 2. The van der Waals surface area contributed by atoms with E-state index < -0.39 is 11.6 Å². The van der Waals surface area contributed by atoms with E-state index in [1.807, 2.05) is 0 Å². The summed E-state index contributed by atoms with van der Waals surface area (Å²) in [5.74, 6) is -0.835. The van der Waals surface area contributed by atoms with Crippen molar-refractivity contribution in [2.75, 3.05) is 0 Å². The van der Waals surface area contributed by atoms with Gasteiger partial charge in [-0.2, -0.15) is 0 Å². The molecule has 0 aliphatic rings. The molecule has 3 nitrogen and oxygen atoms in total. The van der Waals surface area contributed by atoms with E-state index in [2.05, 4.69) is 15.3 Å². The molecule has 0 fully saturated rings. The van der Waals surface area contributed by atoms with Crippen LogP contribution in [0.5, 0.6) is 0 Å². The SMILES string of the molecule is Fc1ccc(F)c(CNCc2cnc[nH]2)c1. The molecule has 0 aliphatic carbocycles. The van der Waals surface area contributed by atoms with Gasteiger partial charge in [0.1, 0.15) is 11.6 Å². The third-order valence-corrected chi connectivity index (χ3v) is 2.19. The van der Waals surface area contributed by atoms with E-state index in [1.54, 1.807) is 12.5 Å². The average Bonchev–Trinajstić information content (AvgIpc) is 2.76. The molecule has 2 aromatic rings. The second-order valence-corrected chi connectivity index (χ2v) is 3.42. The molecule has 2 rings (SSSR count).